The predicted molar refractivity (Wildman–Crippen MR) is 50.7 cm³/mol. The molecule has 0 saturated heterocycles. The molecular formula is C10H13NO. The molecule has 0 amide bonds. The number of hydrogen-bond donors (Lipinski definition) is 2. The number of benzene rings is 1. The second kappa shape index (κ2) is 3.41. The van der Waals surface area contributed by atoms with E-state index in [0.717, 1.165) is 11.1 Å². The summed E-state index contributed by atoms with van der Waals surface area (Å²) in [6, 6.07) is 7.43. The summed E-state index contributed by atoms with van der Waals surface area (Å²) in [6.07, 6.45) is 0. The number of nitrogens with two attached hydrogens (primary N) is 1. The molecule has 0 fully saturated rings. The molecule has 0 radical (unpaired) electrons. The first-order valence-electron chi connectivity index (χ1n) is 3.85. The second-order valence-corrected chi connectivity index (χ2v) is 2.86. The third kappa shape index (κ3) is 1.86. The molecule has 0 spiro atoms. The molecule has 0 saturated carbocycles. The van der Waals surface area contributed by atoms with Gasteiger partial charge in [-0.25, -0.2) is 0 Å². The monoisotopic (exact) mass is 163 g/mol. The van der Waals surface area contributed by atoms with Crippen LogP contribution in [0.4, 0.5) is 0 Å². The number of aliphatic hydroxyl groups excluding tert-OH is 1. The minimum absolute atomic E-state index is 0.0333. The van der Waals surface area contributed by atoms with E-state index in [2.05, 4.69) is 6.58 Å². The first-order chi connectivity index (χ1) is 5.61. The van der Waals surface area contributed by atoms with E-state index in [1.807, 2.05) is 19.1 Å². The Kier molecular flexibility index (Phi) is 2.51. The van der Waals surface area contributed by atoms with Crippen molar-refractivity contribution >= 4 is 5.76 Å². The van der Waals surface area contributed by atoms with Gasteiger partial charge in [0.05, 0.1) is 0 Å². The second-order valence-electron chi connectivity index (χ2n) is 2.86. The first-order valence-corrected chi connectivity index (χ1v) is 3.85. The van der Waals surface area contributed by atoms with Gasteiger partial charge in [-0.2, -0.15) is 0 Å². The van der Waals surface area contributed by atoms with E-state index in [9.17, 15) is 0 Å². The Morgan fingerprint density at radius 2 is 1.92 bits per heavy atom. The molecule has 1 aromatic carbocycles. The topological polar surface area (TPSA) is 46.2 Å². The molecule has 1 rings (SSSR count). The van der Waals surface area contributed by atoms with Crippen LogP contribution in [-0.4, -0.2) is 5.11 Å². The quantitative estimate of drug-likeness (QED) is 0.657. The highest BCUT2D eigenvalue weighted by molar-refractivity contribution is 5.56. The maximum absolute atomic E-state index is 9.03. The Hall–Kier alpha value is -1.28. The summed E-state index contributed by atoms with van der Waals surface area (Å²) in [5.41, 5.74) is 7.45. The van der Waals surface area contributed by atoms with E-state index < -0.39 is 0 Å². The lowest BCUT2D eigenvalue weighted by Crippen LogP contribution is -2.04. The van der Waals surface area contributed by atoms with Gasteiger partial charge in [-0.3, -0.25) is 0 Å². The van der Waals surface area contributed by atoms with E-state index in [4.69, 9.17) is 10.8 Å². The minimum Gasteiger partial charge on any atom is -0.508 e. The van der Waals surface area contributed by atoms with Crippen LogP contribution in [0.2, 0.25) is 0 Å². The average molecular weight is 163 g/mol. The van der Waals surface area contributed by atoms with Gasteiger partial charge >= 0.3 is 0 Å². The van der Waals surface area contributed by atoms with Gasteiger partial charge in [0, 0.05) is 11.6 Å². The van der Waals surface area contributed by atoms with Crippen LogP contribution < -0.4 is 5.73 Å². The highest BCUT2D eigenvalue weighted by atomic mass is 16.3. The summed E-state index contributed by atoms with van der Waals surface area (Å²) >= 11 is 0. The van der Waals surface area contributed by atoms with Gasteiger partial charge in [0.2, 0.25) is 0 Å². The Morgan fingerprint density at radius 1 is 1.42 bits per heavy atom. The van der Waals surface area contributed by atoms with Crippen LogP contribution in [0.15, 0.2) is 30.8 Å². The average Bonchev–Trinajstić information content (AvgIpc) is 2.04. The van der Waals surface area contributed by atoms with Crippen molar-refractivity contribution in [1.29, 1.82) is 0 Å². The van der Waals surface area contributed by atoms with Crippen molar-refractivity contribution in [2.45, 2.75) is 13.0 Å². The molecule has 64 valence electrons. The van der Waals surface area contributed by atoms with E-state index in [1.54, 1.807) is 12.1 Å². The Balaban J connectivity index is 2.93. The first kappa shape index (κ1) is 8.81. The lowest BCUT2D eigenvalue weighted by atomic mass is 10.1. The molecule has 0 bridgehead atoms. The van der Waals surface area contributed by atoms with Crippen molar-refractivity contribution in [3.05, 3.63) is 42.0 Å². The van der Waals surface area contributed by atoms with Crippen LogP contribution >= 0.6 is 0 Å². The van der Waals surface area contributed by atoms with Gasteiger partial charge in [0.1, 0.15) is 5.76 Å². The van der Waals surface area contributed by atoms with Gasteiger partial charge in [0.15, 0.2) is 0 Å². The van der Waals surface area contributed by atoms with Crippen molar-refractivity contribution < 1.29 is 5.11 Å². The fourth-order valence-electron chi connectivity index (χ4n) is 0.979. The van der Waals surface area contributed by atoms with Crippen molar-refractivity contribution in [3.63, 3.8) is 0 Å². The van der Waals surface area contributed by atoms with Crippen molar-refractivity contribution in [3.8, 4) is 0 Å². The Morgan fingerprint density at radius 3 is 2.25 bits per heavy atom. The highest BCUT2D eigenvalue weighted by Gasteiger charge is 1.99. The summed E-state index contributed by atoms with van der Waals surface area (Å²) in [5.74, 6) is 0.0891. The molecule has 0 aromatic heterocycles. The lowest BCUT2D eigenvalue weighted by Gasteiger charge is -2.05. The normalized spacial score (nSPS) is 12.5. The molecule has 1 unspecified atom stereocenters. The molecule has 0 aliphatic heterocycles. The molecule has 0 aliphatic rings. The minimum atomic E-state index is 0.0333. The third-order valence-electron chi connectivity index (χ3n) is 1.77. The molecule has 12 heavy (non-hydrogen) atoms. The standard InChI is InChI=1S/C10H13NO/c1-7(11)9-3-5-10(6-4-9)8(2)12/h3-7,12H,2,11H2,1H3. The summed E-state index contributed by atoms with van der Waals surface area (Å²) in [6.45, 7) is 5.34. The third-order valence-corrected chi connectivity index (χ3v) is 1.77. The zero-order valence-corrected chi connectivity index (χ0v) is 7.12. The molecule has 1 aromatic rings. The van der Waals surface area contributed by atoms with E-state index >= 15 is 0 Å². The number of rotatable bonds is 2. The van der Waals surface area contributed by atoms with Crippen LogP contribution in [0, 0.1) is 0 Å². The van der Waals surface area contributed by atoms with Crippen LogP contribution in [0.25, 0.3) is 5.76 Å². The van der Waals surface area contributed by atoms with Gasteiger partial charge in [-0.15, -0.1) is 0 Å². The molecule has 2 nitrogen and oxygen atoms in total. The van der Waals surface area contributed by atoms with Crippen LogP contribution in [0.1, 0.15) is 24.1 Å². The van der Waals surface area contributed by atoms with Crippen molar-refractivity contribution in [1.82, 2.24) is 0 Å². The zero-order chi connectivity index (χ0) is 9.14. The maximum Gasteiger partial charge on any atom is 0.115 e. The predicted octanol–water partition coefficient (Wildman–Crippen LogP) is 2.24. The summed E-state index contributed by atoms with van der Waals surface area (Å²) in [5, 5.41) is 9.03. The van der Waals surface area contributed by atoms with E-state index in [0.29, 0.717) is 0 Å². The molecule has 1 atom stereocenters. The smallest absolute Gasteiger partial charge is 0.115 e. The molecule has 2 heteroatoms. The molecular weight excluding hydrogens is 150 g/mol. The van der Waals surface area contributed by atoms with Crippen LogP contribution in [0.5, 0.6) is 0 Å². The summed E-state index contributed by atoms with van der Waals surface area (Å²) in [4.78, 5) is 0. The highest BCUT2D eigenvalue weighted by Crippen LogP contribution is 2.14. The fraction of sp³-hybridized carbons (Fsp3) is 0.200. The van der Waals surface area contributed by atoms with Crippen molar-refractivity contribution in [2.75, 3.05) is 0 Å². The number of hydrogen-bond acceptors (Lipinski definition) is 2. The molecule has 3 N–H and O–H groups in total. The largest absolute Gasteiger partial charge is 0.508 e. The van der Waals surface area contributed by atoms with Gasteiger partial charge in [-0.1, -0.05) is 30.8 Å². The zero-order valence-electron chi connectivity index (χ0n) is 7.12. The maximum atomic E-state index is 9.03. The SMILES string of the molecule is C=C(O)c1ccc(C(C)N)cc1. The van der Waals surface area contributed by atoms with E-state index in [1.165, 1.54) is 0 Å². The van der Waals surface area contributed by atoms with Gasteiger partial charge in [-0.05, 0) is 12.5 Å². The van der Waals surface area contributed by atoms with Gasteiger partial charge in [0.25, 0.3) is 0 Å². The summed E-state index contributed by atoms with van der Waals surface area (Å²) < 4.78 is 0. The Labute approximate surface area is 72.3 Å². The fourth-order valence-corrected chi connectivity index (χ4v) is 0.979. The molecule has 0 heterocycles. The van der Waals surface area contributed by atoms with Crippen LogP contribution in [0.3, 0.4) is 0 Å². The Bertz CT molecular complexity index is 274. The summed E-state index contributed by atoms with van der Waals surface area (Å²) in [7, 11) is 0. The van der Waals surface area contributed by atoms with Crippen molar-refractivity contribution in [2.24, 2.45) is 5.73 Å². The van der Waals surface area contributed by atoms with Crippen LogP contribution in [-0.2, 0) is 0 Å². The lowest BCUT2D eigenvalue weighted by molar-refractivity contribution is 0.514. The van der Waals surface area contributed by atoms with E-state index in [-0.39, 0.29) is 11.8 Å². The number of aliphatic hydroxyl groups is 1. The molecule has 0 aliphatic carbocycles. The van der Waals surface area contributed by atoms with Gasteiger partial charge < -0.3 is 10.8 Å².